The first kappa shape index (κ1) is 22.2. The molecule has 2 aromatic rings. The van der Waals surface area contributed by atoms with Crippen molar-refractivity contribution in [2.45, 2.75) is 52.4 Å². The second-order valence-electron chi connectivity index (χ2n) is 8.43. The molecule has 2 saturated heterocycles. The molecule has 2 aromatic heterocycles. The summed E-state index contributed by atoms with van der Waals surface area (Å²) in [7, 11) is 0. The van der Waals surface area contributed by atoms with Crippen LogP contribution < -0.4 is 19.3 Å². The van der Waals surface area contributed by atoms with Crippen LogP contribution in [0.1, 0.15) is 52.4 Å². The highest BCUT2D eigenvalue weighted by Gasteiger charge is 2.25. The third-order valence-electron chi connectivity index (χ3n) is 5.59. The van der Waals surface area contributed by atoms with Crippen LogP contribution >= 0.6 is 0 Å². The van der Waals surface area contributed by atoms with E-state index in [4.69, 9.17) is 9.47 Å². The maximum atomic E-state index is 11.5. The van der Waals surface area contributed by atoms with Gasteiger partial charge in [0.25, 0.3) is 0 Å². The van der Waals surface area contributed by atoms with Gasteiger partial charge in [-0.05, 0) is 52.4 Å². The lowest BCUT2D eigenvalue weighted by molar-refractivity contribution is -0.119. The number of Topliss-reactive ketones (excluding diaryl/α,β-unsaturated/α-hetero) is 2. The van der Waals surface area contributed by atoms with Gasteiger partial charge in [0.05, 0.1) is 0 Å². The van der Waals surface area contributed by atoms with Crippen molar-refractivity contribution < 1.29 is 19.1 Å². The number of anilines is 2. The molecule has 172 valence electrons. The van der Waals surface area contributed by atoms with Crippen LogP contribution in [0.4, 0.5) is 11.6 Å². The largest absolute Gasteiger partial charge is 0.455 e. The molecule has 0 unspecified atom stereocenters. The van der Waals surface area contributed by atoms with Crippen LogP contribution in [0.15, 0.2) is 0 Å². The Morgan fingerprint density at radius 2 is 1.03 bits per heavy atom. The number of piperidine rings is 2. The minimum absolute atomic E-state index is 0.0926. The molecule has 2 aliphatic heterocycles. The van der Waals surface area contributed by atoms with Gasteiger partial charge in [-0.3, -0.25) is 9.59 Å². The van der Waals surface area contributed by atoms with Crippen molar-refractivity contribution in [2.75, 3.05) is 49.2 Å². The van der Waals surface area contributed by atoms with Crippen LogP contribution in [0.5, 0.6) is 12.0 Å². The SMILES string of the molecule is CC(=O)COc1nc(N2CCCCC2)c2nc(OCC(C)=O)nc(N3CCCCC3)c2n1. The molecule has 0 bridgehead atoms. The predicted octanol–water partition coefficient (Wildman–Crippen LogP) is 2.34. The van der Waals surface area contributed by atoms with Gasteiger partial charge >= 0.3 is 12.0 Å². The van der Waals surface area contributed by atoms with Crippen LogP contribution in [-0.2, 0) is 9.59 Å². The van der Waals surface area contributed by atoms with E-state index in [1.54, 1.807) is 0 Å². The molecule has 2 fully saturated rings. The van der Waals surface area contributed by atoms with Gasteiger partial charge in [-0.15, -0.1) is 0 Å². The van der Waals surface area contributed by atoms with Crippen molar-refractivity contribution in [3.63, 3.8) is 0 Å². The van der Waals surface area contributed by atoms with E-state index in [9.17, 15) is 9.59 Å². The van der Waals surface area contributed by atoms with Crippen molar-refractivity contribution in [1.82, 2.24) is 19.9 Å². The molecule has 0 aromatic carbocycles. The van der Waals surface area contributed by atoms with Gasteiger partial charge in [-0.2, -0.15) is 19.9 Å². The lowest BCUT2D eigenvalue weighted by atomic mass is 10.1. The van der Waals surface area contributed by atoms with E-state index in [0.717, 1.165) is 51.9 Å². The van der Waals surface area contributed by atoms with E-state index < -0.39 is 0 Å². The van der Waals surface area contributed by atoms with Gasteiger partial charge in [0, 0.05) is 26.2 Å². The summed E-state index contributed by atoms with van der Waals surface area (Å²) in [6.07, 6.45) is 6.60. The zero-order valence-electron chi connectivity index (χ0n) is 18.8. The van der Waals surface area contributed by atoms with E-state index in [2.05, 4.69) is 29.7 Å². The molecule has 0 saturated carbocycles. The van der Waals surface area contributed by atoms with Gasteiger partial charge in [0.2, 0.25) is 0 Å². The van der Waals surface area contributed by atoms with Crippen molar-refractivity contribution in [2.24, 2.45) is 0 Å². The first-order chi connectivity index (χ1) is 15.5. The first-order valence-electron chi connectivity index (χ1n) is 11.4. The summed E-state index contributed by atoms with van der Waals surface area (Å²) in [5.41, 5.74) is 1.16. The number of hydrogen-bond donors (Lipinski definition) is 0. The molecule has 10 heteroatoms. The van der Waals surface area contributed by atoms with Gasteiger partial charge in [-0.25, -0.2) is 0 Å². The maximum Gasteiger partial charge on any atom is 0.319 e. The van der Waals surface area contributed by atoms with Crippen LogP contribution in [0, 0.1) is 0 Å². The number of fused-ring (bicyclic) bond motifs is 1. The molecular formula is C22H30N6O4. The molecule has 0 N–H and O–H groups in total. The lowest BCUT2D eigenvalue weighted by Gasteiger charge is -2.30. The van der Waals surface area contributed by atoms with Gasteiger partial charge in [0.15, 0.2) is 23.2 Å². The van der Waals surface area contributed by atoms with Crippen LogP contribution in [0.3, 0.4) is 0 Å². The molecule has 4 rings (SSSR count). The minimum atomic E-state index is -0.103. The molecule has 0 atom stereocenters. The summed E-state index contributed by atoms with van der Waals surface area (Å²) >= 11 is 0. The molecular weight excluding hydrogens is 412 g/mol. The Bertz CT molecular complexity index is 907. The molecule has 0 amide bonds. The number of carbonyl (C=O) groups excluding carboxylic acids is 2. The fraction of sp³-hybridized carbons (Fsp3) is 0.636. The van der Waals surface area contributed by atoms with Crippen molar-refractivity contribution >= 4 is 34.2 Å². The average molecular weight is 443 g/mol. The summed E-state index contributed by atoms with van der Waals surface area (Å²) in [6, 6.07) is 0.292. The third-order valence-corrected chi connectivity index (χ3v) is 5.59. The minimum Gasteiger partial charge on any atom is -0.455 e. The Morgan fingerprint density at radius 1 is 0.656 bits per heavy atom. The predicted molar refractivity (Wildman–Crippen MR) is 120 cm³/mol. The highest BCUT2D eigenvalue weighted by Crippen LogP contribution is 2.34. The Hall–Kier alpha value is -3.04. The van der Waals surface area contributed by atoms with Gasteiger partial charge in [-0.1, -0.05) is 0 Å². The fourth-order valence-corrected chi connectivity index (χ4v) is 4.06. The number of ketones is 2. The van der Waals surface area contributed by atoms with E-state index >= 15 is 0 Å². The lowest BCUT2D eigenvalue weighted by Crippen LogP contribution is -2.32. The maximum absolute atomic E-state index is 11.5. The molecule has 10 nitrogen and oxygen atoms in total. The normalized spacial score (nSPS) is 16.8. The van der Waals surface area contributed by atoms with Crippen LogP contribution in [-0.4, -0.2) is 70.9 Å². The van der Waals surface area contributed by atoms with Crippen LogP contribution in [0.25, 0.3) is 11.0 Å². The standard InChI is InChI=1S/C22H30N6O4/c1-15(29)13-31-21-23-17-18(19(25-21)27-9-5-3-6-10-27)24-22(32-14-16(2)30)26-20(17)28-11-7-4-8-12-28/h3-14H2,1-2H3. The number of rotatable bonds is 8. The highest BCUT2D eigenvalue weighted by molar-refractivity contribution is 5.94. The molecule has 0 radical (unpaired) electrons. The Kier molecular flexibility index (Phi) is 6.96. The van der Waals surface area contributed by atoms with Crippen LogP contribution in [0.2, 0.25) is 0 Å². The second kappa shape index (κ2) is 10.1. The Morgan fingerprint density at radius 3 is 1.38 bits per heavy atom. The number of ether oxygens (including phenoxy) is 2. The number of carbonyl (C=O) groups is 2. The summed E-state index contributed by atoms with van der Waals surface area (Å²) in [5, 5.41) is 0. The fourth-order valence-electron chi connectivity index (χ4n) is 4.06. The summed E-state index contributed by atoms with van der Waals surface area (Å²) in [4.78, 5) is 45.8. The summed E-state index contributed by atoms with van der Waals surface area (Å²) < 4.78 is 11.2. The van der Waals surface area contributed by atoms with Crippen molar-refractivity contribution in [3.8, 4) is 12.0 Å². The van der Waals surface area contributed by atoms with Crippen molar-refractivity contribution in [3.05, 3.63) is 0 Å². The number of nitrogens with zero attached hydrogens (tertiary/aromatic N) is 6. The molecule has 2 aliphatic rings. The molecule has 0 aliphatic carbocycles. The quantitative estimate of drug-likeness (QED) is 0.604. The van der Waals surface area contributed by atoms with Gasteiger partial charge < -0.3 is 19.3 Å². The monoisotopic (exact) mass is 442 g/mol. The molecule has 32 heavy (non-hydrogen) atoms. The highest BCUT2D eigenvalue weighted by atomic mass is 16.5. The Labute approximate surface area is 187 Å². The van der Waals surface area contributed by atoms with Crippen molar-refractivity contribution in [1.29, 1.82) is 0 Å². The molecule has 0 spiro atoms. The number of aromatic nitrogens is 4. The van der Waals surface area contributed by atoms with E-state index in [0.29, 0.717) is 22.7 Å². The van der Waals surface area contributed by atoms with E-state index in [1.165, 1.54) is 26.7 Å². The van der Waals surface area contributed by atoms with E-state index in [-0.39, 0.29) is 36.8 Å². The van der Waals surface area contributed by atoms with Gasteiger partial charge in [0.1, 0.15) is 24.2 Å². The smallest absolute Gasteiger partial charge is 0.319 e. The number of hydrogen-bond acceptors (Lipinski definition) is 10. The molecule has 4 heterocycles. The topological polar surface area (TPSA) is 111 Å². The zero-order chi connectivity index (χ0) is 22.5. The summed E-state index contributed by atoms with van der Waals surface area (Å²) in [6.45, 7) is 6.15. The summed E-state index contributed by atoms with van der Waals surface area (Å²) in [5.74, 6) is 1.10. The average Bonchev–Trinajstić information content (AvgIpc) is 2.81. The Balaban J connectivity index is 1.85. The first-order valence-corrected chi connectivity index (χ1v) is 11.4. The van der Waals surface area contributed by atoms with E-state index in [1.807, 2.05) is 0 Å². The second-order valence-corrected chi connectivity index (χ2v) is 8.43. The zero-order valence-corrected chi connectivity index (χ0v) is 18.8. The third kappa shape index (κ3) is 5.23.